The Morgan fingerprint density at radius 2 is 1.82 bits per heavy atom. The first-order valence-corrected chi connectivity index (χ1v) is 10.5. The maximum atomic E-state index is 13.5. The molecular weight excluding hydrogens is 397 g/mol. The summed E-state index contributed by atoms with van der Waals surface area (Å²) < 4.78 is 16.3. The Hall–Kier alpha value is -1.59. The molecule has 1 aliphatic rings. The fraction of sp³-hybridized carbons (Fsp3) is 0.455. The van der Waals surface area contributed by atoms with E-state index in [4.69, 9.17) is 16.4 Å². The highest BCUT2D eigenvalue weighted by molar-refractivity contribution is 7.98. The fourth-order valence-corrected chi connectivity index (χ4v) is 2.90. The lowest BCUT2D eigenvalue weighted by Crippen LogP contribution is -2.17. The van der Waals surface area contributed by atoms with Crippen LogP contribution < -0.4 is 4.72 Å². The number of halogens is 2. The Morgan fingerprint density at radius 3 is 2.29 bits per heavy atom. The number of allylic oxidation sites excluding steroid dienone is 2. The molecule has 28 heavy (non-hydrogen) atoms. The van der Waals surface area contributed by atoms with E-state index in [0.717, 1.165) is 11.2 Å². The van der Waals surface area contributed by atoms with Crippen LogP contribution in [0.25, 0.3) is 0 Å². The number of aryl methyl sites for hydroxylation is 1. The third-order valence-electron chi connectivity index (χ3n) is 3.84. The number of benzene rings is 1. The molecule has 3 nitrogen and oxygen atoms in total. The smallest absolute Gasteiger partial charge is 0.258 e. The molecule has 1 fully saturated rings. The topological polar surface area (TPSA) is 46.2 Å². The van der Waals surface area contributed by atoms with Gasteiger partial charge in [0.2, 0.25) is 0 Å². The van der Waals surface area contributed by atoms with Crippen molar-refractivity contribution >= 4 is 35.7 Å². The van der Waals surface area contributed by atoms with Crippen LogP contribution in [0.2, 0.25) is 0 Å². The molecule has 2 rings (SSSR count). The highest BCUT2D eigenvalue weighted by atomic mass is 35.5. The Morgan fingerprint density at radius 1 is 1.32 bits per heavy atom. The van der Waals surface area contributed by atoms with Crippen molar-refractivity contribution in [2.24, 2.45) is 0 Å². The molecule has 0 aliphatic heterocycles. The molecule has 0 saturated heterocycles. The summed E-state index contributed by atoms with van der Waals surface area (Å²) >= 11 is 7.43. The van der Waals surface area contributed by atoms with E-state index in [1.54, 1.807) is 13.0 Å². The highest BCUT2D eigenvalue weighted by Gasteiger charge is 2.42. The minimum atomic E-state index is -0.950. The molecule has 0 heterocycles. The van der Waals surface area contributed by atoms with Gasteiger partial charge >= 0.3 is 0 Å². The average Bonchev–Trinajstić information content (AvgIpc) is 3.39. The van der Waals surface area contributed by atoms with Gasteiger partial charge in [-0.1, -0.05) is 35.4 Å². The second-order valence-electron chi connectivity index (χ2n) is 6.52. The second-order valence-corrected chi connectivity index (χ2v) is 7.86. The van der Waals surface area contributed by atoms with E-state index in [2.05, 4.69) is 11.3 Å². The highest BCUT2D eigenvalue weighted by Crippen LogP contribution is 2.44. The Balaban J connectivity index is 0.00000108. The quantitative estimate of drug-likeness (QED) is 0.228. The van der Waals surface area contributed by atoms with Crippen LogP contribution in [0.4, 0.5) is 4.39 Å². The van der Waals surface area contributed by atoms with Crippen molar-refractivity contribution in [3.63, 3.8) is 0 Å². The predicted molar refractivity (Wildman–Crippen MR) is 118 cm³/mol. The van der Waals surface area contributed by atoms with Gasteiger partial charge in [0.05, 0.1) is 0 Å². The number of alkyl halides is 1. The maximum Gasteiger partial charge on any atom is 0.258 e. The van der Waals surface area contributed by atoms with Gasteiger partial charge in [-0.05, 0) is 83.9 Å². The van der Waals surface area contributed by atoms with Gasteiger partial charge in [0.25, 0.3) is 5.91 Å². The summed E-state index contributed by atoms with van der Waals surface area (Å²) in [6, 6.07) is 7.90. The van der Waals surface area contributed by atoms with E-state index >= 15 is 0 Å². The third kappa shape index (κ3) is 12.0. The minimum absolute atomic E-state index is 0.197. The average molecular weight is 428 g/mol. The molecule has 1 aliphatic carbocycles. The van der Waals surface area contributed by atoms with Crippen molar-refractivity contribution in [3.8, 4) is 0 Å². The van der Waals surface area contributed by atoms with Crippen LogP contribution in [0.15, 0.2) is 52.4 Å². The van der Waals surface area contributed by atoms with Gasteiger partial charge in [-0.3, -0.25) is 9.52 Å². The van der Waals surface area contributed by atoms with Crippen LogP contribution in [0, 0.1) is 6.92 Å². The molecule has 6 heteroatoms. The van der Waals surface area contributed by atoms with E-state index in [0.29, 0.717) is 42.7 Å². The zero-order valence-corrected chi connectivity index (χ0v) is 18.8. The normalized spacial score (nSPS) is 14.2. The van der Waals surface area contributed by atoms with Gasteiger partial charge in [0, 0.05) is 15.5 Å². The molecule has 0 spiro atoms. The van der Waals surface area contributed by atoms with Gasteiger partial charge in [0.15, 0.2) is 0 Å². The number of carbonyl (C=O) groups excluding carboxylic acids is 2. The molecule has 1 aromatic carbocycles. The molecule has 0 radical (unpaired) electrons. The van der Waals surface area contributed by atoms with Crippen LogP contribution in [-0.2, 0) is 9.59 Å². The van der Waals surface area contributed by atoms with Crippen molar-refractivity contribution in [1.82, 2.24) is 4.72 Å². The summed E-state index contributed by atoms with van der Waals surface area (Å²) in [5.74, 6) is -0.197. The lowest BCUT2D eigenvalue weighted by atomic mass is 10.1. The number of rotatable bonds is 7. The molecule has 1 aromatic rings. The summed E-state index contributed by atoms with van der Waals surface area (Å²) in [7, 11) is 0. The van der Waals surface area contributed by atoms with Gasteiger partial charge < -0.3 is 4.79 Å². The molecule has 0 bridgehead atoms. The van der Waals surface area contributed by atoms with Crippen LogP contribution in [-0.4, -0.2) is 17.9 Å². The molecule has 1 amide bonds. The number of aldehydes is 1. The van der Waals surface area contributed by atoms with Crippen LogP contribution >= 0.6 is 23.5 Å². The van der Waals surface area contributed by atoms with Crippen LogP contribution in [0.5, 0.6) is 0 Å². The summed E-state index contributed by atoms with van der Waals surface area (Å²) in [6.07, 6.45) is 5.62. The summed E-state index contributed by atoms with van der Waals surface area (Å²) in [5.41, 5.74) is 0.732. The summed E-state index contributed by atoms with van der Waals surface area (Å²) in [5, 5.41) is 0.520. The molecule has 1 N–H and O–H groups in total. The second kappa shape index (κ2) is 14.4. The number of carbonyl (C=O) groups is 2. The van der Waals surface area contributed by atoms with Gasteiger partial charge in [-0.25, -0.2) is 4.39 Å². The standard InChI is InChI=1S/C17H21ClFNOS.C3H6.C2H4O/c1-12-5-7-14(8-6-12)22-20-16(21)13(2)15(18)4-3-9-17(19)10-11-17;1-3-2;1-2-3/h5-8H,3-4,9-11H2,1-2H3,(H,20,21);3H,1H2,2H3;2H,1H3/b15-13-;;. The van der Waals surface area contributed by atoms with Crippen LogP contribution in [0.3, 0.4) is 0 Å². The van der Waals surface area contributed by atoms with E-state index in [1.807, 2.05) is 38.1 Å². The molecular formula is C22H31ClFNO2S. The SMILES string of the molecule is C/C(C(=O)NSc1ccc(C)cc1)=C(/Cl)CCCC1(F)CC1.C=CC.CC=O. The van der Waals surface area contributed by atoms with E-state index in [1.165, 1.54) is 24.4 Å². The molecule has 0 atom stereocenters. The number of hydrogen-bond donors (Lipinski definition) is 1. The van der Waals surface area contributed by atoms with Crippen molar-refractivity contribution < 1.29 is 14.0 Å². The molecule has 0 aromatic heterocycles. The fourth-order valence-electron chi connectivity index (χ4n) is 2.04. The van der Waals surface area contributed by atoms with E-state index in [-0.39, 0.29) is 5.91 Å². The van der Waals surface area contributed by atoms with Crippen molar-refractivity contribution in [3.05, 3.63) is 53.1 Å². The van der Waals surface area contributed by atoms with Crippen molar-refractivity contribution in [2.45, 2.75) is 70.4 Å². The van der Waals surface area contributed by atoms with Gasteiger partial charge in [-0.2, -0.15) is 0 Å². The Labute approximate surface area is 177 Å². The van der Waals surface area contributed by atoms with E-state index in [9.17, 15) is 9.18 Å². The zero-order valence-electron chi connectivity index (χ0n) is 17.2. The van der Waals surface area contributed by atoms with Crippen molar-refractivity contribution in [1.29, 1.82) is 0 Å². The van der Waals surface area contributed by atoms with Gasteiger partial charge in [0.1, 0.15) is 12.0 Å². The Bertz CT molecular complexity index is 649. The summed E-state index contributed by atoms with van der Waals surface area (Å²) in [6.45, 7) is 10.4. The van der Waals surface area contributed by atoms with Gasteiger partial charge in [-0.15, -0.1) is 6.58 Å². The first-order chi connectivity index (χ1) is 13.2. The van der Waals surface area contributed by atoms with E-state index < -0.39 is 5.67 Å². The maximum absolute atomic E-state index is 13.5. The molecule has 1 saturated carbocycles. The lowest BCUT2D eigenvalue weighted by molar-refractivity contribution is -0.115. The third-order valence-corrected chi connectivity index (χ3v) is 5.11. The Kier molecular flexibility index (Phi) is 13.6. The van der Waals surface area contributed by atoms with Crippen LogP contribution in [0.1, 0.15) is 58.4 Å². The first kappa shape index (κ1) is 26.4. The summed E-state index contributed by atoms with van der Waals surface area (Å²) in [4.78, 5) is 21.8. The number of nitrogens with one attached hydrogen (secondary N) is 1. The van der Waals surface area contributed by atoms with Crippen molar-refractivity contribution in [2.75, 3.05) is 0 Å². The zero-order chi connectivity index (χ0) is 21.6. The minimum Gasteiger partial charge on any atom is -0.304 e. The molecule has 0 unspecified atom stereocenters. The molecule has 156 valence electrons. The number of hydrogen-bond acceptors (Lipinski definition) is 3. The largest absolute Gasteiger partial charge is 0.304 e. The first-order valence-electron chi connectivity index (χ1n) is 9.27. The monoisotopic (exact) mass is 427 g/mol. The lowest BCUT2D eigenvalue weighted by Gasteiger charge is -2.08. The number of amides is 1. The predicted octanol–water partition coefficient (Wildman–Crippen LogP) is 6.70.